The molecule has 0 aromatic carbocycles. The Bertz CT molecular complexity index is 298. The molecule has 0 spiro atoms. The second kappa shape index (κ2) is 5.46. The Balaban J connectivity index is 1.91. The first kappa shape index (κ1) is 14.3. The normalized spacial score (nSPS) is 37.4. The zero-order chi connectivity index (χ0) is 13.3. The maximum atomic E-state index is 5.88. The van der Waals surface area contributed by atoms with E-state index in [1.807, 2.05) is 0 Å². The van der Waals surface area contributed by atoms with Crippen molar-refractivity contribution in [3.8, 4) is 0 Å². The monoisotopic (exact) mass is 268 g/mol. The summed E-state index contributed by atoms with van der Waals surface area (Å²) < 4.78 is 0. The summed E-state index contributed by atoms with van der Waals surface area (Å²) >= 11 is 5.22. The van der Waals surface area contributed by atoms with Crippen LogP contribution in [0.25, 0.3) is 0 Å². The zero-order valence-corrected chi connectivity index (χ0v) is 12.9. The van der Waals surface area contributed by atoms with E-state index in [-0.39, 0.29) is 5.41 Å². The summed E-state index contributed by atoms with van der Waals surface area (Å²) in [7, 11) is 0. The fourth-order valence-corrected chi connectivity index (χ4v) is 4.04. The minimum atomic E-state index is 0.109. The van der Waals surface area contributed by atoms with Crippen molar-refractivity contribution in [3.05, 3.63) is 0 Å². The van der Waals surface area contributed by atoms with Gasteiger partial charge in [0, 0.05) is 11.5 Å². The first-order valence-corrected chi connectivity index (χ1v) is 7.85. The summed E-state index contributed by atoms with van der Waals surface area (Å²) in [5.41, 5.74) is 5.99. The van der Waals surface area contributed by atoms with Gasteiger partial charge >= 0.3 is 0 Å². The first-order valence-electron chi connectivity index (χ1n) is 7.44. The summed E-state index contributed by atoms with van der Waals surface area (Å²) in [5.74, 6) is 1.78. The topological polar surface area (TPSA) is 29.3 Å². The number of rotatable bonds is 2. The highest BCUT2D eigenvalue weighted by molar-refractivity contribution is 7.80. The summed E-state index contributed by atoms with van der Waals surface area (Å²) in [6.07, 6.45) is 6.46. The molecule has 0 radical (unpaired) electrons. The van der Waals surface area contributed by atoms with Crippen molar-refractivity contribution in [2.24, 2.45) is 23.0 Å². The third kappa shape index (κ3) is 3.05. The van der Waals surface area contributed by atoms with Gasteiger partial charge in [0.25, 0.3) is 0 Å². The van der Waals surface area contributed by atoms with Crippen LogP contribution in [0.1, 0.15) is 52.9 Å². The van der Waals surface area contributed by atoms with E-state index < -0.39 is 0 Å². The van der Waals surface area contributed by atoms with Crippen LogP contribution < -0.4 is 5.73 Å². The van der Waals surface area contributed by atoms with Gasteiger partial charge < -0.3 is 10.6 Å². The average molecular weight is 268 g/mol. The van der Waals surface area contributed by atoms with Crippen molar-refractivity contribution in [3.63, 3.8) is 0 Å². The Labute approximate surface area is 117 Å². The first-order chi connectivity index (χ1) is 8.40. The number of nitrogens with zero attached hydrogens (tertiary/aromatic N) is 1. The molecule has 104 valence electrons. The minimum Gasteiger partial charge on any atom is -0.393 e. The highest BCUT2D eigenvalue weighted by Gasteiger charge is 2.36. The maximum absolute atomic E-state index is 5.88. The standard InChI is InChI=1S/C15H28N2S/c1-11-8-12(2)10-13(9-11)17-6-4-15(3,5-7-17)14(16)18/h11-13H,4-10H2,1-3H3,(H2,16,18). The molecule has 2 unspecified atom stereocenters. The Morgan fingerprint density at radius 3 is 2.06 bits per heavy atom. The molecule has 2 nitrogen and oxygen atoms in total. The molecule has 2 N–H and O–H groups in total. The molecule has 1 saturated heterocycles. The number of thiocarbonyl (C=S) groups is 1. The van der Waals surface area contributed by atoms with Crippen molar-refractivity contribution < 1.29 is 0 Å². The van der Waals surface area contributed by atoms with Gasteiger partial charge in [0.05, 0.1) is 4.99 Å². The molecule has 0 aromatic rings. The van der Waals surface area contributed by atoms with Crippen molar-refractivity contribution in [2.45, 2.75) is 58.9 Å². The molecule has 18 heavy (non-hydrogen) atoms. The number of hydrogen-bond donors (Lipinski definition) is 1. The summed E-state index contributed by atoms with van der Waals surface area (Å²) in [5, 5.41) is 0. The van der Waals surface area contributed by atoms with Crippen LogP contribution in [0.4, 0.5) is 0 Å². The SMILES string of the molecule is CC1CC(C)CC(N2CCC(C)(C(N)=S)CC2)C1. The second-order valence-corrected chi connectivity index (χ2v) is 7.47. The summed E-state index contributed by atoms with van der Waals surface area (Å²) in [6, 6.07) is 0.805. The molecule has 2 atom stereocenters. The maximum Gasteiger partial charge on any atom is 0.0788 e. The molecular formula is C15H28N2S. The molecule has 1 heterocycles. The third-order valence-electron chi connectivity index (χ3n) is 5.17. The zero-order valence-electron chi connectivity index (χ0n) is 12.1. The lowest BCUT2D eigenvalue weighted by atomic mass is 9.76. The van der Waals surface area contributed by atoms with E-state index in [2.05, 4.69) is 25.7 Å². The lowest BCUT2D eigenvalue weighted by Gasteiger charge is -2.45. The van der Waals surface area contributed by atoms with Crippen LogP contribution >= 0.6 is 12.2 Å². The molecular weight excluding hydrogens is 240 g/mol. The second-order valence-electron chi connectivity index (χ2n) is 7.03. The molecule has 0 amide bonds. The molecule has 2 aliphatic rings. The number of hydrogen-bond acceptors (Lipinski definition) is 2. The van der Waals surface area contributed by atoms with Crippen LogP contribution in [-0.2, 0) is 0 Å². The van der Waals surface area contributed by atoms with E-state index >= 15 is 0 Å². The number of likely N-dealkylation sites (tertiary alicyclic amines) is 1. The third-order valence-corrected chi connectivity index (χ3v) is 5.66. The number of piperidine rings is 1. The Kier molecular flexibility index (Phi) is 4.32. The van der Waals surface area contributed by atoms with Crippen LogP contribution in [0.5, 0.6) is 0 Å². The quantitative estimate of drug-likeness (QED) is 0.780. The Hall–Kier alpha value is -0.150. The molecule has 1 saturated carbocycles. The van der Waals surface area contributed by atoms with Crippen LogP contribution in [0.2, 0.25) is 0 Å². The molecule has 0 aromatic heterocycles. The largest absolute Gasteiger partial charge is 0.393 e. The van der Waals surface area contributed by atoms with E-state index in [1.165, 1.54) is 32.4 Å². The van der Waals surface area contributed by atoms with Gasteiger partial charge in [0.1, 0.15) is 0 Å². The van der Waals surface area contributed by atoms with Crippen molar-refractivity contribution >= 4 is 17.2 Å². The Morgan fingerprint density at radius 2 is 1.61 bits per heavy atom. The highest BCUT2D eigenvalue weighted by atomic mass is 32.1. The minimum absolute atomic E-state index is 0.109. The summed E-state index contributed by atoms with van der Waals surface area (Å²) in [4.78, 5) is 3.42. The van der Waals surface area contributed by atoms with Gasteiger partial charge in [-0.3, -0.25) is 0 Å². The molecule has 2 fully saturated rings. The lowest BCUT2D eigenvalue weighted by molar-refractivity contribution is 0.0673. The van der Waals surface area contributed by atoms with E-state index in [1.54, 1.807) is 0 Å². The van der Waals surface area contributed by atoms with Crippen LogP contribution in [0.15, 0.2) is 0 Å². The smallest absolute Gasteiger partial charge is 0.0788 e. The molecule has 1 aliphatic heterocycles. The average Bonchev–Trinajstić information content (AvgIpc) is 2.28. The predicted octanol–water partition coefficient (Wildman–Crippen LogP) is 3.20. The van der Waals surface area contributed by atoms with Gasteiger partial charge in [-0.15, -0.1) is 0 Å². The van der Waals surface area contributed by atoms with Gasteiger partial charge in [0.2, 0.25) is 0 Å². The van der Waals surface area contributed by atoms with E-state index in [0.717, 1.165) is 30.7 Å². The lowest BCUT2D eigenvalue weighted by Crippen LogP contribution is -2.49. The predicted molar refractivity (Wildman–Crippen MR) is 81.7 cm³/mol. The van der Waals surface area contributed by atoms with Crippen molar-refractivity contribution in [1.82, 2.24) is 4.90 Å². The van der Waals surface area contributed by atoms with E-state index in [0.29, 0.717) is 4.99 Å². The fraction of sp³-hybridized carbons (Fsp3) is 0.933. The van der Waals surface area contributed by atoms with E-state index in [9.17, 15) is 0 Å². The van der Waals surface area contributed by atoms with Gasteiger partial charge in [-0.25, -0.2) is 0 Å². The van der Waals surface area contributed by atoms with Crippen molar-refractivity contribution in [2.75, 3.05) is 13.1 Å². The Morgan fingerprint density at radius 1 is 1.11 bits per heavy atom. The van der Waals surface area contributed by atoms with Gasteiger partial charge in [0.15, 0.2) is 0 Å². The van der Waals surface area contributed by atoms with Crippen LogP contribution in [0.3, 0.4) is 0 Å². The van der Waals surface area contributed by atoms with Crippen LogP contribution in [0, 0.1) is 17.3 Å². The molecule has 3 heteroatoms. The molecule has 2 rings (SSSR count). The fourth-order valence-electron chi connectivity index (χ4n) is 3.83. The van der Waals surface area contributed by atoms with Gasteiger partial charge in [-0.1, -0.05) is 33.0 Å². The van der Waals surface area contributed by atoms with E-state index in [4.69, 9.17) is 18.0 Å². The van der Waals surface area contributed by atoms with Crippen molar-refractivity contribution in [1.29, 1.82) is 0 Å². The molecule has 0 bridgehead atoms. The van der Waals surface area contributed by atoms with Crippen LogP contribution in [-0.4, -0.2) is 29.0 Å². The summed E-state index contributed by atoms with van der Waals surface area (Å²) in [6.45, 7) is 9.41. The molecule has 1 aliphatic carbocycles. The number of nitrogens with two attached hydrogens (primary N) is 1. The highest BCUT2D eigenvalue weighted by Crippen LogP contribution is 2.36. The van der Waals surface area contributed by atoms with Gasteiger partial charge in [-0.2, -0.15) is 0 Å². The van der Waals surface area contributed by atoms with Gasteiger partial charge in [-0.05, 0) is 57.0 Å².